The van der Waals surface area contributed by atoms with Crippen molar-refractivity contribution in [3.05, 3.63) is 46.6 Å². The molecule has 2 amide bonds. The zero-order valence-corrected chi connectivity index (χ0v) is 21.2. The Morgan fingerprint density at radius 2 is 1.89 bits per heavy atom. The van der Waals surface area contributed by atoms with E-state index in [4.69, 9.17) is 0 Å². The van der Waals surface area contributed by atoms with Crippen LogP contribution in [0.15, 0.2) is 30.6 Å². The van der Waals surface area contributed by atoms with E-state index in [9.17, 15) is 14.7 Å². The van der Waals surface area contributed by atoms with E-state index in [0.717, 1.165) is 31.7 Å². The second-order valence-corrected chi connectivity index (χ2v) is 9.95. The first-order valence-corrected chi connectivity index (χ1v) is 12.4. The molecule has 0 radical (unpaired) electrons. The number of amides is 2. The van der Waals surface area contributed by atoms with E-state index in [0.29, 0.717) is 33.1 Å². The average Bonchev–Trinajstić information content (AvgIpc) is 3.49. The maximum absolute atomic E-state index is 12.7. The fraction of sp³-hybridized carbons (Fsp3) is 0.417. The van der Waals surface area contributed by atoms with Crippen LogP contribution in [0.1, 0.15) is 34.6 Å². The minimum absolute atomic E-state index is 0.0498. The summed E-state index contributed by atoms with van der Waals surface area (Å²) in [6, 6.07) is 5.62. The Balaban J connectivity index is 1.33. The van der Waals surface area contributed by atoms with Crippen molar-refractivity contribution in [2.24, 2.45) is 0 Å². The molecule has 3 N–H and O–H groups in total. The summed E-state index contributed by atoms with van der Waals surface area (Å²) in [5.41, 5.74) is 2.06. The molecule has 0 atom stereocenters. The number of hydrogen-bond acceptors (Lipinski definition) is 8. The summed E-state index contributed by atoms with van der Waals surface area (Å²) in [7, 11) is 0. The monoisotopic (exact) mass is 497 g/mol. The molecule has 1 aliphatic heterocycles. The van der Waals surface area contributed by atoms with Crippen LogP contribution in [0.5, 0.6) is 5.75 Å². The van der Waals surface area contributed by atoms with E-state index in [1.54, 1.807) is 36.0 Å². The predicted molar refractivity (Wildman–Crippen MR) is 136 cm³/mol. The second kappa shape index (κ2) is 10.4. The third-order valence-corrected chi connectivity index (χ3v) is 7.09. The number of rotatable bonds is 7. The van der Waals surface area contributed by atoms with Gasteiger partial charge in [-0.1, -0.05) is 17.4 Å². The third kappa shape index (κ3) is 5.80. The van der Waals surface area contributed by atoms with Gasteiger partial charge in [-0.25, -0.2) is 4.98 Å². The summed E-state index contributed by atoms with van der Waals surface area (Å²) in [5.74, 6) is 0.419. The fourth-order valence-electron chi connectivity index (χ4n) is 3.99. The topological polar surface area (TPSA) is 116 Å². The number of phenolic OH excluding ortho intramolecular Hbond substituents is 1. The van der Waals surface area contributed by atoms with Crippen LogP contribution >= 0.6 is 11.3 Å². The molecule has 0 saturated carbocycles. The summed E-state index contributed by atoms with van der Waals surface area (Å²) in [6.45, 7) is 11.4. The molecule has 2 aromatic heterocycles. The maximum Gasteiger partial charge on any atom is 0.267 e. The number of nitrogens with one attached hydrogen (secondary N) is 2. The highest BCUT2D eigenvalue weighted by Gasteiger charge is 2.23. The van der Waals surface area contributed by atoms with Crippen molar-refractivity contribution in [2.45, 2.75) is 40.3 Å². The summed E-state index contributed by atoms with van der Waals surface area (Å²) in [4.78, 5) is 34.3. The number of thiazole rings is 1. The molecule has 3 aromatic rings. The van der Waals surface area contributed by atoms with Crippen molar-refractivity contribution in [1.29, 1.82) is 0 Å². The number of aromatic hydroxyl groups is 1. The van der Waals surface area contributed by atoms with E-state index in [1.807, 2.05) is 11.8 Å². The van der Waals surface area contributed by atoms with Gasteiger partial charge in [-0.3, -0.25) is 19.2 Å². The van der Waals surface area contributed by atoms with Crippen molar-refractivity contribution in [3.63, 3.8) is 0 Å². The van der Waals surface area contributed by atoms with Crippen molar-refractivity contribution in [3.8, 4) is 5.75 Å². The molecule has 35 heavy (non-hydrogen) atoms. The van der Waals surface area contributed by atoms with Gasteiger partial charge in [-0.2, -0.15) is 5.10 Å². The fourth-order valence-corrected chi connectivity index (χ4v) is 4.71. The molecule has 1 aliphatic rings. The first-order chi connectivity index (χ1) is 16.7. The molecule has 0 aliphatic carbocycles. The first kappa shape index (κ1) is 24.7. The molecular formula is C24H31N7O3S. The normalized spacial score (nSPS) is 14.4. The molecular weight excluding hydrogens is 466 g/mol. The number of carbonyl (C=O) groups excluding carboxylic acids is 2. The number of aromatic nitrogens is 3. The number of nitrogens with zero attached hydrogens (tertiary/aromatic N) is 5. The lowest BCUT2D eigenvalue weighted by Gasteiger charge is -2.36. The maximum atomic E-state index is 12.7. The van der Waals surface area contributed by atoms with Crippen molar-refractivity contribution >= 4 is 39.8 Å². The zero-order valence-electron chi connectivity index (χ0n) is 20.4. The number of carbonyl (C=O) groups is 2. The smallest absolute Gasteiger partial charge is 0.267 e. The predicted octanol–water partition coefficient (Wildman–Crippen LogP) is 3.21. The van der Waals surface area contributed by atoms with Crippen LogP contribution in [0.25, 0.3) is 0 Å². The van der Waals surface area contributed by atoms with Gasteiger partial charge in [0, 0.05) is 50.0 Å². The Morgan fingerprint density at radius 1 is 1.14 bits per heavy atom. The molecule has 0 spiro atoms. The number of aryl methyl sites for hydroxylation is 1. The van der Waals surface area contributed by atoms with Crippen molar-refractivity contribution in [2.75, 3.05) is 36.8 Å². The second-order valence-electron chi connectivity index (χ2n) is 8.92. The van der Waals surface area contributed by atoms with E-state index >= 15 is 0 Å². The molecule has 186 valence electrons. The van der Waals surface area contributed by atoms with Crippen molar-refractivity contribution < 1.29 is 14.7 Å². The van der Waals surface area contributed by atoms with Crippen LogP contribution < -0.4 is 10.6 Å². The molecule has 3 heterocycles. The van der Waals surface area contributed by atoms with Gasteiger partial charge in [-0.05, 0) is 39.3 Å². The summed E-state index contributed by atoms with van der Waals surface area (Å²) >= 11 is 1.19. The van der Waals surface area contributed by atoms with Crippen LogP contribution in [0, 0.1) is 13.8 Å². The van der Waals surface area contributed by atoms with E-state index < -0.39 is 0 Å². The number of anilines is 3. The van der Waals surface area contributed by atoms with Gasteiger partial charge in [0.1, 0.15) is 17.2 Å². The lowest BCUT2D eigenvalue weighted by atomic mass is 10.1. The van der Waals surface area contributed by atoms with Gasteiger partial charge in [-0.15, -0.1) is 0 Å². The number of piperazine rings is 1. The van der Waals surface area contributed by atoms with E-state index in [2.05, 4.69) is 39.5 Å². The highest BCUT2D eigenvalue weighted by molar-refractivity contribution is 7.17. The van der Waals surface area contributed by atoms with E-state index in [-0.39, 0.29) is 24.1 Å². The standard InChI is InChI=1S/C24H31N7O3S/c1-15(2)29-9-11-30(12-10-29)21(33)14-31-8-7-20(28-31)26-24-25-13-19(35-24)23(34)27-22-16(3)5-6-18(32)17(22)4/h5-8,13,15,32H,9-12,14H2,1-4H3,(H,27,34)(H,25,26,28). The van der Waals surface area contributed by atoms with E-state index in [1.165, 1.54) is 17.5 Å². The Hall–Kier alpha value is -3.44. The molecule has 0 unspecified atom stereocenters. The SMILES string of the molecule is Cc1ccc(O)c(C)c1NC(=O)c1cnc(Nc2ccn(CC(=O)N3CCN(C(C)C)CC3)n2)s1. The summed E-state index contributed by atoms with van der Waals surface area (Å²) in [5, 5.41) is 20.8. The molecule has 1 aromatic carbocycles. The Bertz CT molecular complexity index is 1210. The molecule has 11 heteroatoms. The van der Waals surface area contributed by atoms with Gasteiger partial charge in [0.05, 0.1) is 11.9 Å². The largest absolute Gasteiger partial charge is 0.508 e. The molecule has 4 rings (SSSR count). The lowest BCUT2D eigenvalue weighted by Crippen LogP contribution is -2.51. The third-order valence-electron chi connectivity index (χ3n) is 6.18. The van der Waals surface area contributed by atoms with Crippen LogP contribution in [0.3, 0.4) is 0 Å². The van der Waals surface area contributed by atoms with Gasteiger partial charge >= 0.3 is 0 Å². The Kier molecular flexibility index (Phi) is 7.37. The molecule has 1 saturated heterocycles. The highest BCUT2D eigenvalue weighted by Crippen LogP contribution is 2.29. The number of benzene rings is 1. The quantitative estimate of drug-likeness (QED) is 0.459. The highest BCUT2D eigenvalue weighted by atomic mass is 32.1. The van der Waals surface area contributed by atoms with Gasteiger partial charge in [0.15, 0.2) is 10.9 Å². The zero-order chi connectivity index (χ0) is 25.1. The van der Waals surface area contributed by atoms with Crippen LogP contribution in [-0.2, 0) is 11.3 Å². The van der Waals surface area contributed by atoms with Crippen molar-refractivity contribution in [1.82, 2.24) is 24.6 Å². The van der Waals surface area contributed by atoms with Gasteiger partial charge < -0.3 is 20.6 Å². The minimum Gasteiger partial charge on any atom is -0.508 e. The molecule has 10 nitrogen and oxygen atoms in total. The first-order valence-electron chi connectivity index (χ1n) is 11.6. The van der Waals surface area contributed by atoms with Crippen LogP contribution in [0.2, 0.25) is 0 Å². The molecule has 1 fully saturated rings. The summed E-state index contributed by atoms with van der Waals surface area (Å²) in [6.07, 6.45) is 3.24. The van der Waals surface area contributed by atoms with Crippen LogP contribution in [-0.4, -0.2) is 73.7 Å². The average molecular weight is 498 g/mol. The van der Waals surface area contributed by atoms with Gasteiger partial charge in [0.2, 0.25) is 5.91 Å². The minimum atomic E-state index is -0.305. The Labute approximate surface area is 208 Å². The Morgan fingerprint density at radius 3 is 2.60 bits per heavy atom. The van der Waals surface area contributed by atoms with Crippen LogP contribution in [0.4, 0.5) is 16.6 Å². The summed E-state index contributed by atoms with van der Waals surface area (Å²) < 4.78 is 1.61. The lowest BCUT2D eigenvalue weighted by molar-refractivity contribution is -0.134. The van der Waals surface area contributed by atoms with Gasteiger partial charge in [0.25, 0.3) is 5.91 Å². The number of phenols is 1. The number of hydrogen-bond donors (Lipinski definition) is 3. The molecule has 0 bridgehead atoms.